The van der Waals surface area contributed by atoms with Gasteiger partial charge in [-0.05, 0) is 46.2 Å². The average Bonchev–Trinajstić information content (AvgIpc) is 2.94. The number of rotatable bonds is 3. The molecule has 3 rings (SSSR count). The molecule has 0 aliphatic rings. The molecule has 8 heteroatoms. The Hall–Kier alpha value is -2.16. The van der Waals surface area contributed by atoms with E-state index in [9.17, 15) is 21.6 Å². The van der Waals surface area contributed by atoms with E-state index in [1.807, 2.05) is 0 Å². The standard InChI is InChI=1S/C16H10F3NO2S2/c17-11-3-10(4-12(18)6-11)14-8-23-7-13(14)9-1-2-16(15(19)5-9)24(20,21)22/h1-8H,(H2,20,21,22). The Balaban J connectivity index is 2.13. The van der Waals surface area contributed by atoms with Gasteiger partial charge in [-0.15, -0.1) is 0 Å². The van der Waals surface area contributed by atoms with Gasteiger partial charge in [-0.1, -0.05) is 6.07 Å². The van der Waals surface area contributed by atoms with Crippen molar-refractivity contribution in [1.82, 2.24) is 0 Å². The summed E-state index contributed by atoms with van der Waals surface area (Å²) in [6, 6.07) is 6.59. The van der Waals surface area contributed by atoms with Gasteiger partial charge in [0.05, 0.1) is 0 Å². The van der Waals surface area contributed by atoms with Crippen LogP contribution in [0.2, 0.25) is 0 Å². The van der Waals surface area contributed by atoms with Crippen molar-refractivity contribution in [2.24, 2.45) is 5.14 Å². The quantitative estimate of drug-likeness (QED) is 0.754. The lowest BCUT2D eigenvalue weighted by molar-refractivity contribution is 0.568. The van der Waals surface area contributed by atoms with Crippen LogP contribution < -0.4 is 5.14 Å². The van der Waals surface area contributed by atoms with Gasteiger partial charge in [-0.2, -0.15) is 11.3 Å². The molecule has 1 heterocycles. The van der Waals surface area contributed by atoms with Crippen LogP contribution in [0.15, 0.2) is 52.1 Å². The van der Waals surface area contributed by atoms with Crippen LogP contribution in [0.5, 0.6) is 0 Å². The molecule has 0 amide bonds. The van der Waals surface area contributed by atoms with Gasteiger partial charge in [0.25, 0.3) is 0 Å². The van der Waals surface area contributed by atoms with E-state index in [2.05, 4.69) is 0 Å². The van der Waals surface area contributed by atoms with E-state index in [-0.39, 0.29) is 0 Å². The van der Waals surface area contributed by atoms with Crippen LogP contribution in [-0.2, 0) is 10.0 Å². The van der Waals surface area contributed by atoms with Crippen LogP contribution in [0.4, 0.5) is 13.2 Å². The Labute approximate surface area is 140 Å². The summed E-state index contributed by atoms with van der Waals surface area (Å²) in [7, 11) is -4.16. The number of hydrogen-bond acceptors (Lipinski definition) is 3. The highest BCUT2D eigenvalue weighted by Gasteiger charge is 2.17. The SMILES string of the molecule is NS(=O)(=O)c1ccc(-c2cscc2-c2cc(F)cc(F)c2)cc1F. The molecule has 0 unspecified atom stereocenters. The first-order valence-corrected chi connectivity index (χ1v) is 9.10. The van der Waals surface area contributed by atoms with Crippen molar-refractivity contribution in [3.8, 4) is 22.3 Å². The Morgan fingerprint density at radius 3 is 1.96 bits per heavy atom. The predicted molar refractivity (Wildman–Crippen MR) is 86.4 cm³/mol. The predicted octanol–water partition coefficient (Wildman–Crippen LogP) is 4.15. The molecule has 0 fully saturated rings. The summed E-state index contributed by atoms with van der Waals surface area (Å²) in [5.41, 5.74) is 1.73. The van der Waals surface area contributed by atoms with E-state index in [0.717, 1.165) is 18.2 Å². The van der Waals surface area contributed by atoms with Crippen molar-refractivity contribution in [3.63, 3.8) is 0 Å². The van der Waals surface area contributed by atoms with E-state index in [0.29, 0.717) is 22.3 Å². The molecule has 3 aromatic rings. The maximum atomic E-state index is 14.0. The summed E-state index contributed by atoms with van der Waals surface area (Å²) < 4.78 is 63.4. The van der Waals surface area contributed by atoms with Crippen molar-refractivity contribution in [3.05, 3.63) is 64.6 Å². The number of halogens is 3. The Morgan fingerprint density at radius 1 is 0.833 bits per heavy atom. The molecule has 0 aliphatic carbocycles. The maximum absolute atomic E-state index is 14.0. The first kappa shape index (κ1) is 16.7. The van der Waals surface area contributed by atoms with Gasteiger partial charge < -0.3 is 0 Å². The fourth-order valence-electron chi connectivity index (χ4n) is 2.35. The Bertz CT molecular complexity index is 1010. The molecule has 2 aromatic carbocycles. The molecule has 0 bridgehead atoms. The Kier molecular flexibility index (Phi) is 4.20. The number of sulfonamides is 1. The fourth-order valence-corrected chi connectivity index (χ4v) is 3.81. The molecule has 0 spiro atoms. The number of primary sulfonamides is 1. The largest absolute Gasteiger partial charge is 0.240 e. The third-order valence-corrected chi connectivity index (χ3v) is 5.07. The summed E-state index contributed by atoms with van der Waals surface area (Å²) >= 11 is 1.27. The van der Waals surface area contributed by atoms with Gasteiger partial charge in [0, 0.05) is 17.2 Å². The van der Waals surface area contributed by atoms with E-state index >= 15 is 0 Å². The zero-order chi connectivity index (χ0) is 17.5. The topological polar surface area (TPSA) is 60.2 Å². The molecule has 0 atom stereocenters. The van der Waals surface area contributed by atoms with Gasteiger partial charge in [-0.3, -0.25) is 0 Å². The van der Waals surface area contributed by atoms with Crippen molar-refractivity contribution in [2.75, 3.05) is 0 Å². The first-order valence-electron chi connectivity index (χ1n) is 6.61. The minimum atomic E-state index is -4.16. The molecule has 0 saturated carbocycles. The second-order valence-corrected chi connectivity index (χ2v) is 7.32. The van der Waals surface area contributed by atoms with Gasteiger partial charge in [0.2, 0.25) is 10.0 Å². The smallest absolute Gasteiger partial charge is 0.225 e. The minimum absolute atomic E-state index is 0.305. The second kappa shape index (κ2) is 6.04. The maximum Gasteiger partial charge on any atom is 0.240 e. The number of benzene rings is 2. The van der Waals surface area contributed by atoms with E-state index < -0.39 is 32.4 Å². The molecule has 0 aliphatic heterocycles. The molecular formula is C16H10F3NO2S2. The van der Waals surface area contributed by atoms with Crippen molar-refractivity contribution in [2.45, 2.75) is 4.90 Å². The van der Waals surface area contributed by atoms with Crippen LogP contribution in [0.3, 0.4) is 0 Å². The third kappa shape index (κ3) is 3.21. The molecule has 1 aromatic heterocycles. The van der Waals surface area contributed by atoms with Crippen molar-refractivity contribution in [1.29, 1.82) is 0 Å². The average molecular weight is 369 g/mol. The highest BCUT2D eigenvalue weighted by Crippen LogP contribution is 2.36. The zero-order valence-electron chi connectivity index (χ0n) is 12.0. The zero-order valence-corrected chi connectivity index (χ0v) is 13.6. The van der Waals surface area contributed by atoms with Gasteiger partial charge in [0.1, 0.15) is 22.3 Å². The number of nitrogens with two attached hydrogens (primary N) is 1. The Morgan fingerprint density at radius 2 is 1.42 bits per heavy atom. The van der Waals surface area contributed by atoms with Crippen molar-refractivity contribution >= 4 is 21.4 Å². The summed E-state index contributed by atoms with van der Waals surface area (Å²) in [5.74, 6) is -2.44. The van der Waals surface area contributed by atoms with Gasteiger partial charge in [0.15, 0.2) is 0 Å². The molecule has 24 heavy (non-hydrogen) atoms. The van der Waals surface area contributed by atoms with Crippen LogP contribution in [0, 0.1) is 17.5 Å². The molecule has 0 saturated heterocycles. The van der Waals surface area contributed by atoms with E-state index in [1.165, 1.54) is 29.5 Å². The van der Waals surface area contributed by atoms with Crippen LogP contribution in [0.1, 0.15) is 0 Å². The van der Waals surface area contributed by atoms with Crippen LogP contribution in [0.25, 0.3) is 22.3 Å². The number of thiophene rings is 1. The number of hydrogen-bond donors (Lipinski definition) is 1. The highest BCUT2D eigenvalue weighted by molar-refractivity contribution is 7.89. The molecule has 124 valence electrons. The van der Waals surface area contributed by atoms with Gasteiger partial charge >= 0.3 is 0 Å². The third-order valence-electron chi connectivity index (χ3n) is 3.38. The monoisotopic (exact) mass is 369 g/mol. The summed E-state index contributed by atoms with van der Waals surface area (Å²) in [6.07, 6.45) is 0. The minimum Gasteiger partial charge on any atom is -0.225 e. The van der Waals surface area contributed by atoms with E-state index in [4.69, 9.17) is 5.14 Å². The summed E-state index contributed by atoms with van der Waals surface area (Å²) in [6.45, 7) is 0. The highest BCUT2D eigenvalue weighted by atomic mass is 32.2. The lowest BCUT2D eigenvalue weighted by Gasteiger charge is -2.07. The van der Waals surface area contributed by atoms with Gasteiger partial charge in [-0.25, -0.2) is 26.7 Å². The molecule has 2 N–H and O–H groups in total. The second-order valence-electron chi connectivity index (χ2n) is 5.05. The van der Waals surface area contributed by atoms with Crippen LogP contribution in [-0.4, -0.2) is 8.42 Å². The van der Waals surface area contributed by atoms with Crippen LogP contribution >= 0.6 is 11.3 Å². The summed E-state index contributed by atoms with van der Waals surface area (Å²) in [4.78, 5) is -0.611. The lowest BCUT2D eigenvalue weighted by atomic mass is 9.99. The molecule has 0 radical (unpaired) electrons. The lowest BCUT2D eigenvalue weighted by Crippen LogP contribution is -2.13. The summed E-state index contributed by atoms with van der Waals surface area (Å²) in [5, 5.41) is 8.29. The first-order chi connectivity index (χ1) is 11.3. The molecule has 3 nitrogen and oxygen atoms in total. The normalized spacial score (nSPS) is 11.7. The van der Waals surface area contributed by atoms with Crippen molar-refractivity contribution < 1.29 is 21.6 Å². The molecular weight excluding hydrogens is 359 g/mol. The fraction of sp³-hybridized carbons (Fsp3) is 0. The van der Waals surface area contributed by atoms with E-state index in [1.54, 1.807) is 10.8 Å².